The lowest BCUT2D eigenvalue weighted by molar-refractivity contribution is 1.60. The van der Waals surface area contributed by atoms with Gasteiger partial charge < -0.3 is 0 Å². The number of benzene rings is 1. The lowest BCUT2D eigenvalue weighted by Gasteiger charge is -1.90. The monoisotopic (exact) mass is 218 g/mol. The van der Waals surface area contributed by atoms with Gasteiger partial charge in [-0.3, -0.25) is 0 Å². The van der Waals surface area contributed by atoms with Crippen LogP contribution in [0, 0.1) is 24.2 Å². The number of rotatable bonds is 0. The van der Waals surface area contributed by atoms with Crippen molar-refractivity contribution in [3.63, 3.8) is 0 Å². The Morgan fingerprint density at radius 1 is 1.33 bits per heavy atom. The standard InChI is InChI=1S/C11H7Br/c1-2-10-5-3-6-11(9-10)7-4-8-12/h1,3,5-6,9H,8H2. The van der Waals surface area contributed by atoms with Gasteiger partial charge in [0.15, 0.2) is 0 Å². The summed E-state index contributed by atoms with van der Waals surface area (Å²) in [4.78, 5) is 0. The Morgan fingerprint density at radius 2 is 2.08 bits per heavy atom. The van der Waals surface area contributed by atoms with Crippen molar-refractivity contribution in [3.8, 4) is 24.2 Å². The van der Waals surface area contributed by atoms with Gasteiger partial charge in [-0.05, 0) is 18.2 Å². The molecule has 0 saturated carbocycles. The average Bonchev–Trinajstić information content (AvgIpc) is 2.15. The normalized spacial score (nSPS) is 8.00. The molecule has 0 aliphatic heterocycles. The Kier molecular flexibility index (Phi) is 3.45. The highest BCUT2D eigenvalue weighted by Gasteiger charge is 1.87. The molecule has 0 N–H and O–H groups in total. The second-order valence-electron chi connectivity index (χ2n) is 2.16. The molecule has 1 aromatic carbocycles. The van der Waals surface area contributed by atoms with Crippen molar-refractivity contribution >= 4 is 15.9 Å². The Labute approximate surface area is 81.1 Å². The first kappa shape index (κ1) is 8.91. The zero-order chi connectivity index (χ0) is 8.81. The largest absolute Gasteiger partial charge is 0.115 e. The first-order valence-electron chi connectivity index (χ1n) is 3.48. The minimum Gasteiger partial charge on any atom is -0.115 e. The SMILES string of the molecule is C#Cc1cccc(C#CCBr)c1. The summed E-state index contributed by atoms with van der Waals surface area (Å²) in [6.07, 6.45) is 5.24. The van der Waals surface area contributed by atoms with Crippen LogP contribution >= 0.6 is 15.9 Å². The summed E-state index contributed by atoms with van der Waals surface area (Å²) in [6.45, 7) is 0. The van der Waals surface area contributed by atoms with E-state index in [4.69, 9.17) is 6.42 Å². The van der Waals surface area contributed by atoms with Crippen molar-refractivity contribution in [1.29, 1.82) is 0 Å². The van der Waals surface area contributed by atoms with E-state index < -0.39 is 0 Å². The van der Waals surface area contributed by atoms with Gasteiger partial charge in [0.05, 0.1) is 5.33 Å². The van der Waals surface area contributed by atoms with Crippen molar-refractivity contribution in [3.05, 3.63) is 35.4 Å². The van der Waals surface area contributed by atoms with Crippen LogP contribution < -0.4 is 0 Å². The summed E-state index contributed by atoms with van der Waals surface area (Å²) >= 11 is 3.23. The van der Waals surface area contributed by atoms with E-state index in [-0.39, 0.29) is 0 Å². The molecule has 0 aliphatic rings. The van der Waals surface area contributed by atoms with E-state index in [2.05, 4.69) is 33.7 Å². The molecule has 1 aromatic rings. The molecule has 0 amide bonds. The van der Waals surface area contributed by atoms with E-state index in [0.717, 1.165) is 11.1 Å². The third-order valence-electron chi connectivity index (χ3n) is 1.33. The molecular weight excluding hydrogens is 212 g/mol. The molecule has 0 heterocycles. The maximum atomic E-state index is 5.24. The highest BCUT2D eigenvalue weighted by Crippen LogP contribution is 2.01. The third-order valence-corrected chi connectivity index (χ3v) is 1.61. The van der Waals surface area contributed by atoms with Gasteiger partial charge in [-0.1, -0.05) is 39.8 Å². The van der Waals surface area contributed by atoms with Crippen molar-refractivity contribution in [2.75, 3.05) is 5.33 Å². The molecule has 0 atom stereocenters. The first-order chi connectivity index (χ1) is 5.86. The van der Waals surface area contributed by atoms with Crippen LogP contribution in [0.2, 0.25) is 0 Å². The fourth-order valence-electron chi connectivity index (χ4n) is 0.822. The van der Waals surface area contributed by atoms with Gasteiger partial charge in [-0.15, -0.1) is 6.42 Å². The highest BCUT2D eigenvalue weighted by atomic mass is 79.9. The number of hydrogen-bond acceptors (Lipinski definition) is 0. The van der Waals surface area contributed by atoms with E-state index in [0.29, 0.717) is 5.33 Å². The quantitative estimate of drug-likeness (QED) is 0.464. The van der Waals surface area contributed by atoms with E-state index in [1.54, 1.807) is 0 Å². The molecule has 0 spiro atoms. The fourth-order valence-corrected chi connectivity index (χ4v) is 0.962. The minimum absolute atomic E-state index is 0.688. The number of terminal acetylenes is 1. The Balaban J connectivity index is 2.96. The van der Waals surface area contributed by atoms with Gasteiger partial charge in [0, 0.05) is 11.1 Å². The van der Waals surface area contributed by atoms with E-state index in [1.165, 1.54) is 0 Å². The maximum Gasteiger partial charge on any atom is 0.0649 e. The number of hydrogen-bond donors (Lipinski definition) is 0. The molecule has 0 saturated heterocycles. The topological polar surface area (TPSA) is 0 Å². The van der Waals surface area contributed by atoms with Crippen LogP contribution in [0.4, 0.5) is 0 Å². The zero-order valence-corrected chi connectivity index (χ0v) is 8.06. The van der Waals surface area contributed by atoms with Crippen LogP contribution in [0.5, 0.6) is 0 Å². The lowest BCUT2D eigenvalue weighted by Crippen LogP contribution is -1.77. The van der Waals surface area contributed by atoms with Gasteiger partial charge in [0.2, 0.25) is 0 Å². The van der Waals surface area contributed by atoms with E-state index >= 15 is 0 Å². The van der Waals surface area contributed by atoms with Crippen LogP contribution in [0.15, 0.2) is 24.3 Å². The smallest absolute Gasteiger partial charge is 0.0649 e. The minimum atomic E-state index is 0.688. The summed E-state index contributed by atoms with van der Waals surface area (Å²) in [5.74, 6) is 8.45. The van der Waals surface area contributed by atoms with Gasteiger partial charge in [0.25, 0.3) is 0 Å². The molecule has 0 unspecified atom stereocenters. The summed E-state index contributed by atoms with van der Waals surface area (Å²) in [6, 6.07) is 7.64. The molecule has 0 aromatic heterocycles. The fraction of sp³-hybridized carbons (Fsp3) is 0.0909. The Morgan fingerprint density at radius 3 is 2.75 bits per heavy atom. The van der Waals surface area contributed by atoms with Crippen LogP contribution in [-0.2, 0) is 0 Å². The highest BCUT2D eigenvalue weighted by molar-refractivity contribution is 9.09. The number of halogens is 1. The molecule has 0 radical (unpaired) electrons. The summed E-state index contributed by atoms with van der Waals surface area (Å²) in [7, 11) is 0. The van der Waals surface area contributed by atoms with E-state index in [9.17, 15) is 0 Å². The Bertz CT molecular complexity index is 361. The summed E-state index contributed by atoms with van der Waals surface area (Å²) in [5.41, 5.74) is 1.83. The van der Waals surface area contributed by atoms with Gasteiger partial charge in [-0.2, -0.15) is 0 Å². The lowest BCUT2D eigenvalue weighted by atomic mass is 10.1. The maximum absolute atomic E-state index is 5.24. The van der Waals surface area contributed by atoms with Crippen LogP contribution in [0.3, 0.4) is 0 Å². The molecule has 0 nitrogen and oxygen atoms in total. The van der Waals surface area contributed by atoms with Crippen molar-refractivity contribution in [2.24, 2.45) is 0 Å². The molecule has 58 valence electrons. The van der Waals surface area contributed by atoms with Gasteiger partial charge >= 0.3 is 0 Å². The summed E-state index contributed by atoms with van der Waals surface area (Å²) in [5, 5.41) is 0.688. The summed E-state index contributed by atoms with van der Waals surface area (Å²) < 4.78 is 0. The molecule has 0 fully saturated rings. The molecular formula is C11H7Br. The van der Waals surface area contributed by atoms with Crippen molar-refractivity contribution in [2.45, 2.75) is 0 Å². The van der Waals surface area contributed by atoms with Gasteiger partial charge in [0.1, 0.15) is 0 Å². The van der Waals surface area contributed by atoms with E-state index in [1.807, 2.05) is 24.3 Å². The second-order valence-corrected chi connectivity index (χ2v) is 2.72. The molecule has 1 heteroatoms. The van der Waals surface area contributed by atoms with Crippen LogP contribution in [-0.4, -0.2) is 5.33 Å². The Hall–Kier alpha value is -1.18. The zero-order valence-electron chi connectivity index (χ0n) is 6.47. The van der Waals surface area contributed by atoms with Crippen molar-refractivity contribution in [1.82, 2.24) is 0 Å². The molecule has 0 bridgehead atoms. The van der Waals surface area contributed by atoms with Crippen LogP contribution in [0.25, 0.3) is 0 Å². The third kappa shape index (κ3) is 2.46. The van der Waals surface area contributed by atoms with Crippen molar-refractivity contribution < 1.29 is 0 Å². The predicted molar refractivity (Wildman–Crippen MR) is 55.0 cm³/mol. The first-order valence-corrected chi connectivity index (χ1v) is 4.60. The molecule has 1 rings (SSSR count). The molecule has 12 heavy (non-hydrogen) atoms. The predicted octanol–water partition coefficient (Wildman–Crippen LogP) is 2.41. The number of alkyl halides is 1. The average molecular weight is 219 g/mol. The molecule has 0 aliphatic carbocycles. The van der Waals surface area contributed by atoms with Crippen LogP contribution in [0.1, 0.15) is 11.1 Å². The second kappa shape index (κ2) is 4.65. The van der Waals surface area contributed by atoms with Gasteiger partial charge in [-0.25, -0.2) is 0 Å².